The highest BCUT2D eigenvalue weighted by Crippen LogP contribution is 2.22. The zero-order valence-corrected chi connectivity index (χ0v) is 11.9. The molecule has 0 aromatic heterocycles. The van der Waals surface area contributed by atoms with Gasteiger partial charge in [0.15, 0.2) is 0 Å². The van der Waals surface area contributed by atoms with Crippen molar-refractivity contribution in [3.8, 4) is 0 Å². The number of hydrogen-bond donors (Lipinski definition) is 1. The van der Waals surface area contributed by atoms with Crippen molar-refractivity contribution in [2.45, 2.75) is 32.0 Å². The van der Waals surface area contributed by atoms with Crippen LogP contribution in [0.4, 0.5) is 8.78 Å². The van der Waals surface area contributed by atoms with Crippen LogP contribution in [0.15, 0.2) is 18.2 Å². The molecule has 2 rings (SSSR count). The lowest BCUT2D eigenvalue weighted by Gasteiger charge is -2.32. The van der Waals surface area contributed by atoms with Crippen LogP contribution in [0.25, 0.3) is 0 Å². The number of esters is 1. The van der Waals surface area contributed by atoms with Gasteiger partial charge < -0.3 is 14.7 Å². The maximum absolute atomic E-state index is 13.6. The van der Waals surface area contributed by atoms with Crippen LogP contribution in [0, 0.1) is 11.6 Å². The number of rotatable bonds is 4. The Morgan fingerprint density at radius 1 is 1.43 bits per heavy atom. The second-order valence-electron chi connectivity index (χ2n) is 5.29. The minimum absolute atomic E-state index is 0.0305. The van der Waals surface area contributed by atoms with Gasteiger partial charge in [0, 0.05) is 32.1 Å². The number of benzene rings is 1. The topological polar surface area (TPSA) is 49.8 Å². The molecule has 1 aliphatic rings. The Morgan fingerprint density at radius 3 is 2.71 bits per heavy atom. The number of nitrogens with zero attached hydrogens (tertiary/aromatic N) is 1. The first-order valence-electron chi connectivity index (χ1n) is 6.98. The summed E-state index contributed by atoms with van der Waals surface area (Å²) in [4.78, 5) is 12.8. The van der Waals surface area contributed by atoms with E-state index in [1.54, 1.807) is 0 Å². The summed E-state index contributed by atoms with van der Waals surface area (Å²) in [6.07, 6.45) is 0.184. The highest BCUT2D eigenvalue weighted by atomic mass is 19.1. The molecule has 1 aliphatic heterocycles. The average molecular weight is 299 g/mol. The highest BCUT2D eigenvalue weighted by Gasteiger charge is 2.24. The molecule has 1 aromatic rings. The number of halogens is 2. The third-order valence-electron chi connectivity index (χ3n) is 3.62. The summed E-state index contributed by atoms with van der Waals surface area (Å²) in [5, 5.41) is 10.1. The van der Waals surface area contributed by atoms with E-state index < -0.39 is 17.7 Å². The molecule has 0 spiro atoms. The van der Waals surface area contributed by atoms with Gasteiger partial charge in [-0.25, -0.2) is 8.78 Å². The summed E-state index contributed by atoms with van der Waals surface area (Å²) < 4.78 is 31.8. The molecule has 116 valence electrons. The molecule has 21 heavy (non-hydrogen) atoms. The number of ether oxygens (including phenoxy) is 1. The van der Waals surface area contributed by atoms with Gasteiger partial charge in [0.25, 0.3) is 0 Å². The summed E-state index contributed by atoms with van der Waals surface area (Å²) in [5.41, 5.74) is -0.0305. The fourth-order valence-corrected chi connectivity index (χ4v) is 2.56. The molecular formula is C15H19F2NO3. The number of likely N-dealkylation sites (tertiary alicyclic amines) is 1. The lowest BCUT2D eigenvalue weighted by molar-refractivity contribution is -0.148. The quantitative estimate of drug-likeness (QED) is 0.864. The van der Waals surface area contributed by atoms with Crippen LogP contribution in [0.3, 0.4) is 0 Å². The molecule has 1 fully saturated rings. The average Bonchev–Trinajstić information content (AvgIpc) is 2.43. The van der Waals surface area contributed by atoms with Gasteiger partial charge >= 0.3 is 5.97 Å². The van der Waals surface area contributed by atoms with Gasteiger partial charge in [-0.3, -0.25) is 4.79 Å². The van der Waals surface area contributed by atoms with E-state index in [0.29, 0.717) is 25.9 Å². The number of aliphatic hydroxyl groups is 1. The van der Waals surface area contributed by atoms with Crippen molar-refractivity contribution >= 4 is 5.97 Å². The zero-order chi connectivity index (χ0) is 15.4. The molecular weight excluding hydrogens is 280 g/mol. The van der Waals surface area contributed by atoms with E-state index in [-0.39, 0.29) is 24.2 Å². The van der Waals surface area contributed by atoms with Crippen molar-refractivity contribution < 1.29 is 23.4 Å². The maximum atomic E-state index is 13.6. The second kappa shape index (κ2) is 6.95. The van der Waals surface area contributed by atoms with Crippen molar-refractivity contribution in [1.82, 2.24) is 4.90 Å². The van der Waals surface area contributed by atoms with Crippen LogP contribution in [0.1, 0.15) is 31.4 Å². The van der Waals surface area contributed by atoms with Crippen molar-refractivity contribution in [1.29, 1.82) is 0 Å². The molecule has 0 radical (unpaired) electrons. The molecule has 1 aromatic carbocycles. The van der Waals surface area contributed by atoms with E-state index in [2.05, 4.69) is 0 Å². The zero-order valence-electron chi connectivity index (χ0n) is 11.9. The van der Waals surface area contributed by atoms with Crippen LogP contribution >= 0.6 is 0 Å². The van der Waals surface area contributed by atoms with Crippen molar-refractivity contribution in [2.75, 3.05) is 19.6 Å². The molecule has 1 atom stereocenters. The van der Waals surface area contributed by atoms with Crippen molar-refractivity contribution in [3.05, 3.63) is 35.4 Å². The molecule has 4 nitrogen and oxygen atoms in total. The third kappa shape index (κ3) is 4.47. The predicted octanol–water partition coefficient (Wildman–Crippen LogP) is 2.03. The number of hydrogen-bond acceptors (Lipinski definition) is 4. The highest BCUT2D eigenvalue weighted by molar-refractivity contribution is 5.66. The minimum atomic E-state index is -1.08. The standard InChI is InChI=1S/C15H19F2NO3/c1-10(19)21-12-4-6-18(7-5-12)9-15(20)13-8-11(16)2-3-14(13)17/h2-3,8,12,15,20H,4-7,9H2,1H3. The van der Waals surface area contributed by atoms with Crippen LogP contribution in [0.2, 0.25) is 0 Å². The number of piperidine rings is 1. The van der Waals surface area contributed by atoms with Gasteiger partial charge in [-0.1, -0.05) is 0 Å². The maximum Gasteiger partial charge on any atom is 0.302 e. The Bertz CT molecular complexity index is 502. The first-order valence-corrected chi connectivity index (χ1v) is 6.98. The molecule has 1 saturated heterocycles. The van der Waals surface area contributed by atoms with Gasteiger partial charge in [0.2, 0.25) is 0 Å². The second-order valence-corrected chi connectivity index (χ2v) is 5.29. The summed E-state index contributed by atoms with van der Waals surface area (Å²) in [6.45, 7) is 2.90. The van der Waals surface area contributed by atoms with Crippen molar-refractivity contribution in [3.63, 3.8) is 0 Å². The molecule has 0 saturated carbocycles. The number of carbonyl (C=O) groups is 1. The predicted molar refractivity (Wildman–Crippen MR) is 72.5 cm³/mol. The van der Waals surface area contributed by atoms with Crippen LogP contribution in [-0.2, 0) is 9.53 Å². The third-order valence-corrected chi connectivity index (χ3v) is 3.62. The Balaban J connectivity index is 1.88. The summed E-state index contributed by atoms with van der Waals surface area (Å²) in [7, 11) is 0. The van der Waals surface area contributed by atoms with E-state index in [0.717, 1.165) is 18.2 Å². The Labute approximate surface area is 122 Å². The van der Waals surface area contributed by atoms with Gasteiger partial charge in [-0.05, 0) is 31.0 Å². The lowest BCUT2D eigenvalue weighted by atomic mass is 10.0. The monoisotopic (exact) mass is 299 g/mol. The lowest BCUT2D eigenvalue weighted by Crippen LogP contribution is -2.39. The van der Waals surface area contributed by atoms with Crippen LogP contribution < -0.4 is 0 Å². The smallest absolute Gasteiger partial charge is 0.302 e. The Morgan fingerprint density at radius 2 is 2.10 bits per heavy atom. The van der Waals surface area contributed by atoms with Gasteiger partial charge in [0.1, 0.15) is 17.7 Å². The Hall–Kier alpha value is -1.53. The molecule has 1 unspecified atom stereocenters. The van der Waals surface area contributed by atoms with Gasteiger partial charge in [-0.2, -0.15) is 0 Å². The first kappa shape index (κ1) is 15.9. The first-order chi connectivity index (χ1) is 9.95. The molecule has 0 aliphatic carbocycles. The molecule has 1 N–H and O–H groups in total. The minimum Gasteiger partial charge on any atom is -0.462 e. The molecule has 6 heteroatoms. The van der Waals surface area contributed by atoms with E-state index in [4.69, 9.17) is 4.74 Å². The summed E-state index contributed by atoms with van der Waals surface area (Å²) >= 11 is 0. The van der Waals surface area contributed by atoms with Crippen molar-refractivity contribution in [2.24, 2.45) is 0 Å². The molecule has 0 amide bonds. The Kier molecular flexibility index (Phi) is 5.25. The summed E-state index contributed by atoms with van der Waals surface area (Å²) in [5.74, 6) is -1.48. The number of aliphatic hydroxyl groups excluding tert-OH is 1. The normalized spacial score (nSPS) is 18.5. The summed E-state index contributed by atoms with van der Waals surface area (Å²) in [6, 6.07) is 3.06. The van der Waals surface area contributed by atoms with E-state index in [9.17, 15) is 18.7 Å². The van der Waals surface area contributed by atoms with Crippen LogP contribution in [0.5, 0.6) is 0 Å². The van der Waals surface area contributed by atoms with E-state index in [1.807, 2.05) is 4.90 Å². The molecule has 1 heterocycles. The van der Waals surface area contributed by atoms with E-state index in [1.165, 1.54) is 6.92 Å². The van der Waals surface area contributed by atoms with E-state index >= 15 is 0 Å². The number of β-amino-alcohol motifs (C(OH)–C–C–N with tert-alkyl or cyclic N) is 1. The van der Waals surface area contributed by atoms with Gasteiger partial charge in [-0.15, -0.1) is 0 Å². The largest absolute Gasteiger partial charge is 0.462 e. The SMILES string of the molecule is CC(=O)OC1CCN(CC(O)c2cc(F)ccc2F)CC1. The fourth-order valence-electron chi connectivity index (χ4n) is 2.56. The number of carbonyl (C=O) groups excluding carboxylic acids is 1. The fraction of sp³-hybridized carbons (Fsp3) is 0.533. The van der Waals surface area contributed by atoms with Crippen LogP contribution in [-0.4, -0.2) is 41.7 Å². The molecule has 0 bridgehead atoms. The van der Waals surface area contributed by atoms with Gasteiger partial charge in [0.05, 0.1) is 6.10 Å².